The Hall–Kier alpha value is -2.38. The summed E-state index contributed by atoms with van der Waals surface area (Å²) in [5.74, 6) is -0.534. The fraction of sp³-hybridized carbons (Fsp3) is 0.0714. The van der Waals surface area contributed by atoms with Crippen LogP contribution in [0.4, 0.5) is 0 Å². The molecule has 21 heavy (non-hydrogen) atoms. The van der Waals surface area contributed by atoms with Gasteiger partial charge in [-0.2, -0.15) is 0 Å². The van der Waals surface area contributed by atoms with Crippen molar-refractivity contribution in [3.63, 3.8) is 0 Å². The maximum Gasteiger partial charge on any atom is 0.335 e. The molecule has 0 saturated heterocycles. The highest BCUT2D eigenvalue weighted by Gasteiger charge is 2.17. The van der Waals surface area contributed by atoms with Crippen LogP contribution >= 0.6 is 0 Å². The molecule has 2 aromatic carbocycles. The molecule has 0 atom stereocenters. The predicted molar refractivity (Wildman–Crippen MR) is 76.2 cm³/mol. The van der Waals surface area contributed by atoms with Crippen molar-refractivity contribution in [2.24, 2.45) is 0 Å². The Morgan fingerprint density at radius 3 is 2.29 bits per heavy atom. The summed E-state index contributed by atoms with van der Waals surface area (Å²) in [6, 6.07) is 11.9. The van der Waals surface area contributed by atoms with Gasteiger partial charge in [-0.15, -0.1) is 0 Å². The van der Waals surface area contributed by atoms with Gasteiger partial charge in [0.2, 0.25) is 10.0 Å². The summed E-state index contributed by atoms with van der Waals surface area (Å²) >= 11 is 0. The van der Waals surface area contributed by atoms with Crippen molar-refractivity contribution >= 4 is 16.0 Å². The second kappa shape index (κ2) is 5.94. The molecule has 0 aliphatic heterocycles. The van der Waals surface area contributed by atoms with Crippen molar-refractivity contribution < 1.29 is 23.1 Å². The van der Waals surface area contributed by atoms with Crippen LogP contribution in [0.1, 0.15) is 10.4 Å². The van der Waals surface area contributed by atoms with Gasteiger partial charge in [0.25, 0.3) is 0 Å². The molecule has 110 valence electrons. The Morgan fingerprint density at radius 1 is 1.10 bits per heavy atom. The van der Waals surface area contributed by atoms with Gasteiger partial charge >= 0.3 is 5.97 Å². The summed E-state index contributed by atoms with van der Waals surface area (Å²) in [4.78, 5) is 10.8. The first-order valence-corrected chi connectivity index (χ1v) is 7.46. The zero-order valence-electron chi connectivity index (χ0n) is 11.1. The van der Waals surface area contributed by atoms with E-state index < -0.39 is 16.0 Å². The minimum absolute atomic E-state index is 0.00908. The largest absolute Gasteiger partial charge is 0.478 e. The molecular weight excluding hydrogens is 294 g/mol. The molecule has 0 amide bonds. The highest BCUT2D eigenvalue weighted by atomic mass is 32.2. The Bertz CT molecular complexity index is 753. The number of ether oxygens (including phenoxy) is 1. The molecule has 6 nitrogen and oxygen atoms in total. The Balaban J connectivity index is 2.34. The quantitative estimate of drug-likeness (QED) is 0.882. The van der Waals surface area contributed by atoms with Crippen molar-refractivity contribution in [3.05, 3.63) is 54.1 Å². The van der Waals surface area contributed by atoms with E-state index in [1.54, 1.807) is 12.1 Å². The summed E-state index contributed by atoms with van der Waals surface area (Å²) in [5, 5.41) is 8.82. The molecule has 0 spiro atoms. The van der Waals surface area contributed by atoms with Crippen molar-refractivity contribution in [3.8, 4) is 11.5 Å². The topological polar surface area (TPSA) is 92.7 Å². The Morgan fingerprint density at radius 2 is 1.71 bits per heavy atom. The smallest absolute Gasteiger partial charge is 0.335 e. The van der Waals surface area contributed by atoms with Crippen LogP contribution in [0.3, 0.4) is 0 Å². The van der Waals surface area contributed by atoms with E-state index in [2.05, 4.69) is 4.72 Å². The van der Waals surface area contributed by atoms with Gasteiger partial charge in [-0.25, -0.2) is 17.9 Å². The third-order valence-corrected chi connectivity index (χ3v) is 4.19. The normalized spacial score (nSPS) is 11.1. The summed E-state index contributed by atoms with van der Waals surface area (Å²) in [6.07, 6.45) is 0. The van der Waals surface area contributed by atoms with Gasteiger partial charge in [-0.1, -0.05) is 12.1 Å². The molecule has 2 N–H and O–H groups in total. The maximum atomic E-state index is 11.9. The number of benzene rings is 2. The first-order valence-electron chi connectivity index (χ1n) is 5.98. The fourth-order valence-corrected chi connectivity index (χ4v) is 2.51. The summed E-state index contributed by atoms with van der Waals surface area (Å²) in [5.41, 5.74) is 0.124. The molecule has 2 rings (SSSR count). The third kappa shape index (κ3) is 3.39. The van der Waals surface area contributed by atoms with E-state index in [0.29, 0.717) is 5.75 Å². The second-order valence-electron chi connectivity index (χ2n) is 4.09. The van der Waals surface area contributed by atoms with E-state index in [4.69, 9.17) is 9.84 Å². The van der Waals surface area contributed by atoms with Crippen molar-refractivity contribution in [1.82, 2.24) is 4.72 Å². The lowest BCUT2D eigenvalue weighted by molar-refractivity contribution is 0.0697. The van der Waals surface area contributed by atoms with Gasteiger partial charge in [0, 0.05) is 0 Å². The first-order chi connectivity index (χ1) is 9.94. The standard InChI is InChI=1S/C14H13NO5S/c1-15-21(18,19)13-5-3-2-4-12(13)20-11-8-6-10(7-9-11)14(16)17/h2-9,15H,1H3,(H,16,17). The maximum absolute atomic E-state index is 11.9. The number of sulfonamides is 1. The number of hydrogen-bond donors (Lipinski definition) is 2. The summed E-state index contributed by atoms with van der Waals surface area (Å²) in [6.45, 7) is 0. The minimum atomic E-state index is -3.64. The predicted octanol–water partition coefficient (Wildman–Crippen LogP) is 2.09. The fourth-order valence-electron chi connectivity index (χ4n) is 1.66. The average molecular weight is 307 g/mol. The highest BCUT2D eigenvalue weighted by Crippen LogP contribution is 2.28. The van der Waals surface area contributed by atoms with Crippen LogP contribution in [0.2, 0.25) is 0 Å². The summed E-state index contributed by atoms with van der Waals surface area (Å²) in [7, 11) is -2.33. The molecule has 0 heterocycles. The molecule has 2 aromatic rings. The molecule has 0 bridgehead atoms. The molecular formula is C14H13NO5S. The molecule has 0 saturated carbocycles. The number of nitrogens with one attached hydrogen (secondary N) is 1. The van der Waals surface area contributed by atoms with Gasteiger partial charge in [0.05, 0.1) is 5.56 Å². The summed E-state index contributed by atoms with van der Waals surface area (Å²) < 4.78 is 31.5. The number of para-hydroxylation sites is 1. The second-order valence-corrected chi connectivity index (χ2v) is 5.94. The van der Waals surface area contributed by atoms with Crippen LogP contribution in [0.15, 0.2) is 53.4 Å². The van der Waals surface area contributed by atoms with E-state index in [-0.39, 0.29) is 16.2 Å². The number of carboxylic acids is 1. The van der Waals surface area contributed by atoms with E-state index in [1.165, 1.54) is 43.4 Å². The molecule has 0 aliphatic carbocycles. The molecule has 7 heteroatoms. The number of rotatable bonds is 5. The van der Waals surface area contributed by atoms with Crippen LogP contribution in [0, 0.1) is 0 Å². The van der Waals surface area contributed by atoms with E-state index in [1.807, 2.05) is 0 Å². The van der Waals surface area contributed by atoms with Crippen LogP contribution in [0.5, 0.6) is 11.5 Å². The van der Waals surface area contributed by atoms with Crippen molar-refractivity contribution in [2.45, 2.75) is 4.90 Å². The third-order valence-electron chi connectivity index (χ3n) is 2.74. The molecule has 0 unspecified atom stereocenters. The average Bonchev–Trinajstić information content (AvgIpc) is 2.48. The van der Waals surface area contributed by atoms with Crippen LogP contribution in [-0.4, -0.2) is 26.5 Å². The SMILES string of the molecule is CNS(=O)(=O)c1ccccc1Oc1ccc(C(=O)O)cc1. The zero-order valence-corrected chi connectivity index (χ0v) is 11.9. The Labute approximate surface area is 122 Å². The van der Waals surface area contributed by atoms with E-state index in [9.17, 15) is 13.2 Å². The lowest BCUT2D eigenvalue weighted by atomic mass is 10.2. The van der Waals surface area contributed by atoms with Gasteiger partial charge in [-0.05, 0) is 43.4 Å². The van der Waals surface area contributed by atoms with Gasteiger partial charge in [0.15, 0.2) is 0 Å². The van der Waals surface area contributed by atoms with Crippen molar-refractivity contribution in [2.75, 3.05) is 7.05 Å². The molecule has 0 aromatic heterocycles. The van der Waals surface area contributed by atoms with Crippen LogP contribution < -0.4 is 9.46 Å². The van der Waals surface area contributed by atoms with Crippen molar-refractivity contribution in [1.29, 1.82) is 0 Å². The number of carbonyl (C=O) groups is 1. The Kier molecular flexibility index (Phi) is 4.25. The lowest BCUT2D eigenvalue weighted by Gasteiger charge is -2.11. The minimum Gasteiger partial charge on any atom is -0.478 e. The first kappa shape index (κ1) is 15.0. The zero-order chi connectivity index (χ0) is 15.5. The lowest BCUT2D eigenvalue weighted by Crippen LogP contribution is -2.19. The van der Waals surface area contributed by atoms with Gasteiger partial charge < -0.3 is 9.84 Å². The number of carboxylic acid groups (broad SMARTS) is 1. The van der Waals surface area contributed by atoms with E-state index in [0.717, 1.165) is 0 Å². The molecule has 0 aliphatic rings. The van der Waals surface area contributed by atoms with Crippen LogP contribution in [0.25, 0.3) is 0 Å². The number of hydrogen-bond acceptors (Lipinski definition) is 4. The van der Waals surface area contributed by atoms with E-state index >= 15 is 0 Å². The van der Waals surface area contributed by atoms with Crippen LogP contribution in [-0.2, 0) is 10.0 Å². The molecule has 0 fully saturated rings. The van der Waals surface area contributed by atoms with Gasteiger partial charge in [0.1, 0.15) is 16.4 Å². The highest BCUT2D eigenvalue weighted by molar-refractivity contribution is 7.89. The van der Waals surface area contributed by atoms with Gasteiger partial charge in [-0.3, -0.25) is 0 Å². The monoisotopic (exact) mass is 307 g/mol. The number of aromatic carboxylic acids is 1. The molecule has 0 radical (unpaired) electrons.